The van der Waals surface area contributed by atoms with Gasteiger partial charge in [-0.05, 0) is 33.5 Å². The molecule has 2 aromatic rings. The van der Waals surface area contributed by atoms with Gasteiger partial charge in [-0.15, -0.1) is 0 Å². The summed E-state index contributed by atoms with van der Waals surface area (Å²) in [6, 6.07) is 1.97. The predicted octanol–water partition coefficient (Wildman–Crippen LogP) is 1.49. The molecule has 1 unspecified atom stereocenters. The van der Waals surface area contributed by atoms with Gasteiger partial charge >= 0.3 is 0 Å². The van der Waals surface area contributed by atoms with E-state index < -0.39 is 0 Å². The molecule has 0 aromatic carbocycles. The minimum atomic E-state index is 0.230. The third-order valence-electron chi connectivity index (χ3n) is 4.18. The summed E-state index contributed by atoms with van der Waals surface area (Å²) in [7, 11) is 4.29. The number of likely N-dealkylation sites (N-methyl/N-ethyl adjacent to an activating group) is 1. The summed E-state index contributed by atoms with van der Waals surface area (Å²) in [5, 5.41) is 8.63. The quantitative estimate of drug-likeness (QED) is 0.871. The average molecular weight is 245 g/mol. The Morgan fingerprint density at radius 2 is 2.28 bits per heavy atom. The average Bonchev–Trinajstić information content (AvgIpc) is 2.93. The fraction of sp³-hybridized carbons (Fsp3) is 0.538. The summed E-state index contributed by atoms with van der Waals surface area (Å²) in [5.74, 6) is 1.03. The van der Waals surface area contributed by atoms with Crippen molar-refractivity contribution in [1.82, 2.24) is 20.1 Å². The second-order valence-electron chi connectivity index (χ2n) is 5.53. The fourth-order valence-corrected chi connectivity index (χ4v) is 2.58. The molecule has 1 aliphatic heterocycles. The van der Waals surface area contributed by atoms with Crippen LogP contribution in [0.2, 0.25) is 0 Å². The van der Waals surface area contributed by atoms with E-state index in [2.05, 4.69) is 46.0 Å². The van der Waals surface area contributed by atoms with Crippen LogP contribution in [0.15, 0.2) is 18.5 Å². The first-order valence-corrected chi connectivity index (χ1v) is 6.31. The van der Waals surface area contributed by atoms with Crippen LogP contribution in [0.25, 0.3) is 10.9 Å². The molecule has 5 heteroatoms. The van der Waals surface area contributed by atoms with E-state index in [1.165, 1.54) is 0 Å². The molecule has 0 spiro atoms. The number of pyridine rings is 1. The minimum absolute atomic E-state index is 0.230. The van der Waals surface area contributed by atoms with Crippen LogP contribution >= 0.6 is 0 Å². The summed E-state index contributed by atoms with van der Waals surface area (Å²) in [6.45, 7) is 4.36. The van der Waals surface area contributed by atoms with Gasteiger partial charge in [0.15, 0.2) is 5.82 Å². The van der Waals surface area contributed by atoms with Crippen molar-refractivity contribution in [3.05, 3.63) is 18.5 Å². The second-order valence-corrected chi connectivity index (χ2v) is 5.53. The lowest BCUT2D eigenvalue weighted by Crippen LogP contribution is -2.43. The number of rotatable bonds is 2. The first-order chi connectivity index (χ1) is 8.60. The Labute approximate surface area is 107 Å². The number of aromatic nitrogens is 3. The van der Waals surface area contributed by atoms with Gasteiger partial charge in [0.2, 0.25) is 0 Å². The van der Waals surface area contributed by atoms with Gasteiger partial charge in [0.05, 0.1) is 10.9 Å². The Kier molecular flexibility index (Phi) is 2.52. The van der Waals surface area contributed by atoms with Crippen LogP contribution in [0, 0.1) is 0 Å². The highest BCUT2D eigenvalue weighted by Gasteiger charge is 2.36. The van der Waals surface area contributed by atoms with E-state index in [0.29, 0.717) is 0 Å². The third-order valence-corrected chi connectivity index (χ3v) is 4.18. The number of anilines is 1. The molecule has 3 rings (SSSR count). The molecule has 5 nitrogen and oxygen atoms in total. The second kappa shape index (κ2) is 3.95. The normalized spacial score (nSPS) is 24.3. The van der Waals surface area contributed by atoms with Gasteiger partial charge in [-0.2, -0.15) is 5.10 Å². The van der Waals surface area contributed by atoms with Gasteiger partial charge in [0.1, 0.15) is 0 Å². The first kappa shape index (κ1) is 11.5. The third kappa shape index (κ3) is 1.66. The Balaban J connectivity index is 1.93. The van der Waals surface area contributed by atoms with E-state index in [1.54, 1.807) is 6.20 Å². The first-order valence-electron chi connectivity index (χ1n) is 6.31. The molecule has 0 aliphatic carbocycles. The summed E-state index contributed by atoms with van der Waals surface area (Å²) in [6.07, 6.45) is 4.84. The molecule has 0 radical (unpaired) electrons. The zero-order valence-electron chi connectivity index (χ0n) is 11.1. The van der Waals surface area contributed by atoms with E-state index in [1.807, 2.05) is 12.3 Å². The Morgan fingerprint density at radius 1 is 1.44 bits per heavy atom. The predicted molar refractivity (Wildman–Crippen MR) is 72.8 cm³/mol. The monoisotopic (exact) mass is 245 g/mol. The molecule has 1 atom stereocenters. The Morgan fingerprint density at radius 3 is 3.00 bits per heavy atom. The summed E-state index contributed by atoms with van der Waals surface area (Å²) >= 11 is 0. The standard InChI is InChI=1S/C13H19N5/c1-13(17(2)3)5-7-18(9-13)12-10-8-14-6-4-11(10)15-16-12/h4,6,8H,5,7,9H2,1-3H3,(H,15,16). The fourth-order valence-electron chi connectivity index (χ4n) is 2.58. The summed E-state index contributed by atoms with van der Waals surface area (Å²) in [5.41, 5.74) is 1.28. The summed E-state index contributed by atoms with van der Waals surface area (Å²) in [4.78, 5) is 8.84. The van der Waals surface area contributed by atoms with E-state index in [0.717, 1.165) is 36.2 Å². The van der Waals surface area contributed by atoms with Crippen molar-refractivity contribution in [1.29, 1.82) is 0 Å². The maximum Gasteiger partial charge on any atom is 0.159 e. The number of H-pyrrole nitrogens is 1. The van der Waals surface area contributed by atoms with E-state index in [9.17, 15) is 0 Å². The molecule has 1 N–H and O–H groups in total. The largest absolute Gasteiger partial charge is 0.353 e. The van der Waals surface area contributed by atoms with Gasteiger partial charge < -0.3 is 9.80 Å². The summed E-state index contributed by atoms with van der Waals surface area (Å²) < 4.78 is 0. The van der Waals surface area contributed by atoms with Crippen molar-refractivity contribution in [3.8, 4) is 0 Å². The van der Waals surface area contributed by atoms with Crippen molar-refractivity contribution in [2.45, 2.75) is 18.9 Å². The van der Waals surface area contributed by atoms with Gasteiger partial charge in [0.25, 0.3) is 0 Å². The SMILES string of the molecule is CN(C)C1(C)CCN(c2n[nH]c3ccncc23)C1. The van der Waals surface area contributed by atoms with E-state index in [-0.39, 0.29) is 5.54 Å². The molecule has 0 saturated carbocycles. The van der Waals surface area contributed by atoms with Crippen LogP contribution in [0.4, 0.5) is 5.82 Å². The van der Waals surface area contributed by atoms with E-state index >= 15 is 0 Å². The number of fused-ring (bicyclic) bond motifs is 1. The van der Waals surface area contributed by atoms with Crippen molar-refractivity contribution < 1.29 is 0 Å². The Hall–Kier alpha value is -1.62. The lowest BCUT2D eigenvalue weighted by molar-refractivity contribution is 0.198. The van der Waals surface area contributed by atoms with Crippen LogP contribution < -0.4 is 4.90 Å². The van der Waals surface area contributed by atoms with Crippen LogP contribution in [0.1, 0.15) is 13.3 Å². The minimum Gasteiger partial charge on any atom is -0.353 e. The maximum atomic E-state index is 4.44. The molecule has 96 valence electrons. The van der Waals surface area contributed by atoms with Gasteiger partial charge in [0, 0.05) is 31.0 Å². The molecular formula is C13H19N5. The zero-order valence-corrected chi connectivity index (χ0v) is 11.1. The lowest BCUT2D eigenvalue weighted by atomic mass is 10.0. The lowest BCUT2D eigenvalue weighted by Gasteiger charge is -2.32. The molecule has 1 saturated heterocycles. The number of aromatic amines is 1. The highest BCUT2D eigenvalue weighted by molar-refractivity contribution is 5.89. The molecule has 2 aromatic heterocycles. The molecule has 0 bridgehead atoms. The highest BCUT2D eigenvalue weighted by atomic mass is 15.3. The molecule has 0 amide bonds. The topological polar surface area (TPSA) is 48.0 Å². The Bertz CT molecular complexity index is 561. The smallest absolute Gasteiger partial charge is 0.159 e. The molecule has 3 heterocycles. The number of nitrogens with one attached hydrogen (secondary N) is 1. The molecule has 1 fully saturated rings. The van der Waals surface area contributed by atoms with E-state index in [4.69, 9.17) is 0 Å². The van der Waals surface area contributed by atoms with Gasteiger partial charge in [-0.3, -0.25) is 10.1 Å². The maximum absolute atomic E-state index is 4.44. The molecular weight excluding hydrogens is 226 g/mol. The number of nitrogens with zero attached hydrogens (tertiary/aromatic N) is 4. The zero-order chi connectivity index (χ0) is 12.8. The van der Waals surface area contributed by atoms with Crippen LogP contribution in [-0.2, 0) is 0 Å². The van der Waals surface area contributed by atoms with Crippen LogP contribution in [0.3, 0.4) is 0 Å². The van der Waals surface area contributed by atoms with Crippen molar-refractivity contribution >= 4 is 16.7 Å². The highest BCUT2D eigenvalue weighted by Crippen LogP contribution is 2.32. The van der Waals surface area contributed by atoms with Crippen molar-refractivity contribution in [2.75, 3.05) is 32.1 Å². The molecule has 1 aliphatic rings. The van der Waals surface area contributed by atoms with Crippen molar-refractivity contribution in [3.63, 3.8) is 0 Å². The molecule has 18 heavy (non-hydrogen) atoms. The number of hydrogen-bond donors (Lipinski definition) is 1. The van der Waals surface area contributed by atoms with Crippen molar-refractivity contribution in [2.24, 2.45) is 0 Å². The van der Waals surface area contributed by atoms with Crippen LogP contribution in [-0.4, -0.2) is 52.8 Å². The van der Waals surface area contributed by atoms with Gasteiger partial charge in [-0.25, -0.2) is 0 Å². The number of hydrogen-bond acceptors (Lipinski definition) is 4. The van der Waals surface area contributed by atoms with Gasteiger partial charge in [-0.1, -0.05) is 0 Å². The van der Waals surface area contributed by atoms with Crippen LogP contribution in [0.5, 0.6) is 0 Å².